The minimum Gasteiger partial charge on any atom is -0.463 e. The highest BCUT2D eigenvalue weighted by molar-refractivity contribution is 5.82. The third kappa shape index (κ3) is 4.04. The molecule has 12 atom stereocenters. The molecule has 0 aromatic carbocycles. The number of aliphatic hydroxyl groups excluding tert-OH is 3. The van der Waals surface area contributed by atoms with Crippen molar-refractivity contribution in [3.05, 3.63) is 24.3 Å². The molecule has 11 heteroatoms. The highest BCUT2D eigenvalue weighted by atomic mass is 16.7. The summed E-state index contributed by atoms with van der Waals surface area (Å²) >= 11 is 0. The predicted octanol–water partition coefficient (Wildman–Crippen LogP) is 0.577. The van der Waals surface area contributed by atoms with E-state index in [1.54, 1.807) is 32.1 Å². The minimum absolute atomic E-state index is 0.0802. The van der Waals surface area contributed by atoms with Crippen molar-refractivity contribution in [2.45, 2.75) is 100 Å². The minimum atomic E-state index is -1.38. The normalized spacial score (nSPS) is 52.7. The van der Waals surface area contributed by atoms with Crippen LogP contribution < -0.4 is 0 Å². The maximum Gasteiger partial charge on any atom is 0.335 e. The first kappa shape index (κ1) is 28.3. The van der Waals surface area contributed by atoms with E-state index in [2.05, 4.69) is 0 Å². The summed E-state index contributed by atoms with van der Waals surface area (Å²) in [7, 11) is 0. The number of hydrogen-bond donors (Lipinski definition) is 3. The number of cyclic esters (lactones) is 1. The molecule has 4 aliphatic heterocycles. The maximum absolute atomic E-state index is 13.2. The van der Waals surface area contributed by atoms with E-state index in [0.29, 0.717) is 32.3 Å². The number of rotatable bonds is 2. The molecule has 2 aliphatic carbocycles. The van der Waals surface area contributed by atoms with Crippen LogP contribution in [-0.4, -0.2) is 108 Å². The second kappa shape index (κ2) is 9.86. The zero-order valence-electron chi connectivity index (χ0n) is 23.2. The van der Waals surface area contributed by atoms with Crippen LogP contribution in [0.2, 0.25) is 0 Å². The van der Waals surface area contributed by atoms with Gasteiger partial charge in [-0.3, -0.25) is 0 Å². The lowest BCUT2D eigenvalue weighted by atomic mass is 9.50. The molecule has 0 aromatic heterocycles. The van der Waals surface area contributed by atoms with Crippen LogP contribution in [0.15, 0.2) is 24.3 Å². The highest BCUT2D eigenvalue weighted by Crippen LogP contribution is 2.75. The van der Waals surface area contributed by atoms with Crippen molar-refractivity contribution in [3.63, 3.8) is 0 Å². The van der Waals surface area contributed by atoms with E-state index < -0.39 is 70.4 Å². The summed E-state index contributed by atoms with van der Waals surface area (Å²) in [4.78, 5) is 26.2. The van der Waals surface area contributed by atoms with Gasteiger partial charge in [0.05, 0.1) is 36.9 Å². The summed E-state index contributed by atoms with van der Waals surface area (Å²) in [5.41, 5.74) is -3.01. The zero-order chi connectivity index (χ0) is 28.5. The molecule has 0 amide bonds. The molecule has 3 saturated heterocycles. The Kier molecular flexibility index (Phi) is 6.97. The van der Waals surface area contributed by atoms with E-state index in [1.807, 2.05) is 6.92 Å². The van der Waals surface area contributed by atoms with Gasteiger partial charge in [-0.25, -0.2) is 9.59 Å². The fourth-order valence-electron chi connectivity index (χ4n) is 7.84. The summed E-state index contributed by atoms with van der Waals surface area (Å²) in [6, 6.07) is 0. The van der Waals surface area contributed by atoms with E-state index in [-0.39, 0.29) is 32.0 Å². The van der Waals surface area contributed by atoms with Gasteiger partial charge in [0.15, 0.2) is 6.10 Å². The van der Waals surface area contributed by atoms with Gasteiger partial charge < -0.3 is 43.7 Å². The van der Waals surface area contributed by atoms with Crippen LogP contribution in [0.3, 0.4) is 0 Å². The highest BCUT2D eigenvalue weighted by Gasteiger charge is 2.87. The number of esters is 2. The number of hydrogen-bond acceptors (Lipinski definition) is 11. The molecule has 6 rings (SSSR count). The second-order valence-electron chi connectivity index (χ2n) is 12.6. The largest absolute Gasteiger partial charge is 0.463 e. The molecule has 222 valence electrons. The SMILES string of the molecule is C[C@@H]1CCO[C@@H]([C@@H](C)O)/C=C/C=C\C(=O)O[C@@H]2C[C@H]3O[C@@H]4[C@@H]5O[C@]5(CO)CC[C@]4(COC(=O)[C@H]1O)[C@]2(C)[C@]31CO1. The molecule has 4 heterocycles. The fourth-order valence-corrected chi connectivity index (χ4v) is 7.84. The summed E-state index contributed by atoms with van der Waals surface area (Å²) in [5, 5.41) is 31.0. The average molecular weight is 565 g/mol. The second-order valence-corrected chi connectivity index (χ2v) is 12.6. The number of carbonyl (C=O) groups excluding carboxylic acids is 2. The van der Waals surface area contributed by atoms with Gasteiger partial charge in [0, 0.05) is 24.5 Å². The van der Waals surface area contributed by atoms with Gasteiger partial charge in [-0.2, -0.15) is 0 Å². The predicted molar refractivity (Wildman–Crippen MR) is 137 cm³/mol. The summed E-state index contributed by atoms with van der Waals surface area (Å²) in [6.07, 6.45) is 3.26. The van der Waals surface area contributed by atoms with Crippen LogP contribution in [0.5, 0.6) is 0 Å². The smallest absolute Gasteiger partial charge is 0.335 e. The molecule has 5 fully saturated rings. The Bertz CT molecular complexity index is 1080. The van der Waals surface area contributed by atoms with E-state index in [0.717, 1.165) is 0 Å². The van der Waals surface area contributed by atoms with E-state index in [9.17, 15) is 24.9 Å². The van der Waals surface area contributed by atoms with Crippen LogP contribution in [0.4, 0.5) is 0 Å². The van der Waals surface area contributed by atoms with Gasteiger partial charge in [0.2, 0.25) is 0 Å². The molecular formula is C29H40O11. The van der Waals surface area contributed by atoms with Crippen LogP contribution in [0.1, 0.15) is 46.5 Å². The number of epoxide rings is 2. The maximum atomic E-state index is 13.2. The fraction of sp³-hybridized carbons (Fsp3) is 0.793. The summed E-state index contributed by atoms with van der Waals surface area (Å²) in [6.45, 7) is 5.78. The summed E-state index contributed by atoms with van der Waals surface area (Å²) < 4.78 is 36.5. The molecule has 3 N–H and O–H groups in total. The van der Waals surface area contributed by atoms with Crippen LogP contribution in [0.25, 0.3) is 0 Å². The average Bonchev–Trinajstić information content (AvgIpc) is 3.84. The first-order valence-corrected chi connectivity index (χ1v) is 14.3. The molecule has 2 bridgehead atoms. The molecule has 40 heavy (non-hydrogen) atoms. The van der Waals surface area contributed by atoms with Crippen molar-refractivity contribution < 1.29 is 53.3 Å². The lowest BCUT2D eigenvalue weighted by molar-refractivity contribution is -0.253. The number of ether oxygens (including phenoxy) is 6. The van der Waals surface area contributed by atoms with Crippen molar-refractivity contribution in [2.24, 2.45) is 16.7 Å². The van der Waals surface area contributed by atoms with Crippen molar-refractivity contribution in [1.29, 1.82) is 0 Å². The lowest BCUT2D eigenvalue weighted by Gasteiger charge is -2.58. The molecule has 6 aliphatic rings. The number of allylic oxidation sites excluding steroid dienone is 2. The van der Waals surface area contributed by atoms with Gasteiger partial charge in [0.25, 0.3) is 0 Å². The van der Waals surface area contributed by atoms with Gasteiger partial charge >= 0.3 is 11.9 Å². The lowest BCUT2D eigenvalue weighted by Crippen LogP contribution is -2.69. The quantitative estimate of drug-likeness (QED) is 0.318. The Balaban J connectivity index is 1.36. The number of carbonyl (C=O) groups is 2. The van der Waals surface area contributed by atoms with Crippen molar-refractivity contribution in [1.82, 2.24) is 0 Å². The van der Waals surface area contributed by atoms with E-state index in [1.165, 1.54) is 6.08 Å². The third-order valence-electron chi connectivity index (χ3n) is 10.7. The molecule has 0 aromatic rings. The number of aliphatic hydroxyl groups is 3. The van der Waals surface area contributed by atoms with E-state index >= 15 is 0 Å². The first-order chi connectivity index (χ1) is 19.0. The van der Waals surface area contributed by atoms with Crippen molar-refractivity contribution in [3.8, 4) is 0 Å². The van der Waals surface area contributed by atoms with Crippen molar-refractivity contribution in [2.75, 3.05) is 26.4 Å². The third-order valence-corrected chi connectivity index (χ3v) is 10.7. The molecule has 2 saturated carbocycles. The standard InChI is InChI=1S/C29H40O11/c1-16-8-11-35-18(17(2)31)6-4-5-7-21(32)38-19-12-20-29(15-37-29)26(19,3)27(14-36-25(34)22(16)33)9-10-28(13-30)24(40-28)23(27)39-20/h4-7,16-20,22-24,30-31,33H,8-15H2,1-3H3/b6-4+,7-5-/t16-,17-,18-,19-,20-,22+,23-,24+,26-,27-,28+,29+/m1/s1. The number of fused-ring (bicyclic) bond motifs is 2. The molecule has 11 nitrogen and oxygen atoms in total. The Morgan fingerprint density at radius 1 is 1.12 bits per heavy atom. The topological polar surface area (TPSA) is 157 Å². The Morgan fingerprint density at radius 2 is 1.90 bits per heavy atom. The first-order valence-electron chi connectivity index (χ1n) is 14.3. The van der Waals surface area contributed by atoms with Crippen LogP contribution in [0, 0.1) is 16.7 Å². The van der Waals surface area contributed by atoms with Gasteiger partial charge in [-0.05, 0) is 32.1 Å². The van der Waals surface area contributed by atoms with Gasteiger partial charge in [-0.1, -0.05) is 32.1 Å². The monoisotopic (exact) mass is 564 g/mol. The Hall–Kier alpha value is -1.86. The molecular weight excluding hydrogens is 524 g/mol. The van der Waals surface area contributed by atoms with Crippen LogP contribution in [-0.2, 0) is 38.0 Å². The summed E-state index contributed by atoms with van der Waals surface area (Å²) in [5.74, 6) is -1.75. The Labute approximate surface area is 233 Å². The van der Waals surface area contributed by atoms with Gasteiger partial charge in [-0.15, -0.1) is 0 Å². The Morgan fingerprint density at radius 3 is 2.60 bits per heavy atom. The van der Waals surface area contributed by atoms with Gasteiger partial charge in [0.1, 0.15) is 36.1 Å². The van der Waals surface area contributed by atoms with E-state index in [4.69, 9.17) is 28.4 Å². The zero-order valence-corrected chi connectivity index (χ0v) is 23.2. The molecule has 2 spiro atoms. The molecule has 0 unspecified atom stereocenters. The van der Waals surface area contributed by atoms with Crippen LogP contribution >= 0.6 is 0 Å². The molecule has 0 radical (unpaired) electrons. The van der Waals surface area contributed by atoms with Crippen molar-refractivity contribution >= 4 is 11.9 Å².